The summed E-state index contributed by atoms with van der Waals surface area (Å²) in [4.78, 5) is 0. The fraction of sp³-hybridized carbons (Fsp3) is 0.188. The monoisotopic (exact) mass is 289 g/mol. The molecule has 0 fully saturated rings. The van der Waals surface area contributed by atoms with E-state index in [4.69, 9.17) is 10.00 Å². The Kier molecular flexibility index (Phi) is 4.51. The van der Waals surface area contributed by atoms with Crippen LogP contribution in [0.25, 0.3) is 0 Å². The summed E-state index contributed by atoms with van der Waals surface area (Å²) >= 11 is 0. The summed E-state index contributed by atoms with van der Waals surface area (Å²) in [6.45, 7) is 1.38. The molecule has 1 atom stereocenters. The molecule has 21 heavy (non-hydrogen) atoms. The molecule has 0 spiro atoms. The predicted molar refractivity (Wildman–Crippen MR) is 72.5 cm³/mol. The molecule has 108 valence electrons. The first-order valence-electron chi connectivity index (χ1n) is 6.30. The molecule has 0 unspecified atom stereocenters. The molecular weight excluding hydrogens is 276 g/mol. The highest BCUT2D eigenvalue weighted by Gasteiger charge is 2.10. The fourth-order valence-electron chi connectivity index (χ4n) is 1.78. The minimum absolute atomic E-state index is 0.0249. The Morgan fingerprint density at radius 1 is 1.19 bits per heavy atom. The van der Waals surface area contributed by atoms with Gasteiger partial charge in [0.15, 0.2) is 11.6 Å². The summed E-state index contributed by atoms with van der Waals surface area (Å²) in [7, 11) is 0. The number of rotatable bonds is 4. The number of ether oxygens (including phenoxy) is 1. The number of aliphatic hydroxyl groups excluding tert-OH is 1. The van der Waals surface area contributed by atoms with E-state index in [0.29, 0.717) is 5.56 Å². The lowest BCUT2D eigenvalue weighted by Crippen LogP contribution is -2.01. The SMILES string of the molecule is C[C@@H](O)c1ccc(OCc2ccc(C#N)cc2F)c(F)c1. The van der Waals surface area contributed by atoms with Gasteiger partial charge >= 0.3 is 0 Å². The van der Waals surface area contributed by atoms with Crippen molar-refractivity contribution in [2.75, 3.05) is 0 Å². The molecule has 2 aromatic carbocycles. The maximum Gasteiger partial charge on any atom is 0.165 e. The van der Waals surface area contributed by atoms with Crippen molar-refractivity contribution in [1.29, 1.82) is 5.26 Å². The van der Waals surface area contributed by atoms with Gasteiger partial charge in [0.05, 0.1) is 17.7 Å². The summed E-state index contributed by atoms with van der Waals surface area (Å²) in [6, 6.07) is 9.93. The number of aliphatic hydroxyl groups is 1. The van der Waals surface area contributed by atoms with E-state index < -0.39 is 17.7 Å². The fourth-order valence-corrected chi connectivity index (χ4v) is 1.78. The molecule has 5 heteroatoms. The topological polar surface area (TPSA) is 53.2 Å². The van der Waals surface area contributed by atoms with Crippen molar-refractivity contribution >= 4 is 0 Å². The van der Waals surface area contributed by atoms with Crippen LogP contribution in [0.1, 0.15) is 29.7 Å². The van der Waals surface area contributed by atoms with Gasteiger partial charge in [-0.3, -0.25) is 0 Å². The molecule has 0 aliphatic carbocycles. The zero-order chi connectivity index (χ0) is 15.4. The average Bonchev–Trinajstić information content (AvgIpc) is 2.46. The average molecular weight is 289 g/mol. The lowest BCUT2D eigenvalue weighted by molar-refractivity contribution is 0.198. The smallest absolute Gasteiger partial charge is 0.165 e. The van der Waals surface area contributed by atoms with E-state index >= 15 is 0 Å². The molecule has 0 aromatic heterocycles. The van der Waals surface area contributed by atoms with E-state index in [2.05, 4.69) is 0 Å². The van der Waals surface area contributed by atoms with E-state index in [0.717, 1.165) is 6.07 Å². The Balaban J connectivity index is 2.12. The van der Waals surface area contributed by atoms with E-state index in [-0.39, 0.29) is 23.5 Å². The van der Waals surface area contributed by atoms with Gasteiger partial charge < -0.3 is 9.84 Å². The van der Waals surface area contributed by atoms with Gasteiger partial charge in [-0.2, -0.15) is 5.26 Å². The lowest BCUT2D eigenvalue weighted by atomic mass is 10.1. The van der Waals surface area contributed by atoms with Crippen molar-refractivity contribution in [2.24, 2.45) is 0 Å². The standard InChI is InChI=1S/C16H13F2NO2/c1-10(20)12-4-5-16(15(18)7-12)21-9-13-3-2-11(8-19)6-14(13)17/h2-7,10,20H,9H2,1H3/t10-/m1/s1. The number of nitrogens with zero attached hydrogens (tertiary/aromatic N) is 1. The molecule has 0 aliphatic heterocycles. The Labute approximate surface area is 121 Å². The summed E-state index contributed by atoms with van der Waals surface area (Å²) in [5.41, 5.74) is 0.876. The third-order valence-electron chi connectivity index (χ3n) is 3.00. The largest absolute Gasteiger partial charge is 0.486 e. The third-order valence-corrected chi connectivity index (χ3v) is 3.00. The molecule has 2 rings (SSSR count). The van der Waals surface area contributed by atoms with Crippen LogP contribution in [0.2, 0.25) is 0 Å². The quantitative estimate of drug-likeness (QED) is 0.937. The van der Waals surface area contributed by atoms with E-state index in [1.807, 2.05) is 6.07 Å². The number of hydrogen-bond donors (Lipinski definition) is 1. The molecule has 0 radical (unpaired) electrons. The third kappa shape index (κ3) is 3.56. The molecule has 0 bridgehead atoms. The van der Waals surface area contributed by atoms with Crippen molar-refractivity contribution in [3.8, 4) is 11.8 Å². The van der Waals surface area contributed by atoms with Gasteiger partial charge in [-0.15, -0.1) is 0 Å². The highest BCUT2D eigenvalue weighted by molar-refractivity contribution is 5.34. The second kappa shape index (κ2) is 6.33. The van der Waals surface area contributed by atoms with Gasteiger partial charge in [0.2, 0.25) is 0 Å². The maximum atomic E-state index is 13.8. The summed E-state index contributed by atoms with van der Waals surface area (Å²) in [5.74, 6) is -1.22. The van der Waals surface area contributed by atoms with Crippen LogP contribution in [0, 0.1) is 23.0 Å². The molecule has 0 saturated carbocycles. The van der Waals surface area contributed by atoms with Gasteiger partial charge in [-0.1, -0.05) is 12.1 Å². The number of nitriles is 1. The molecule has 0 aliphatic rings. The molecule has 2 aromatic rings. The molecule has 0 saturated heterocycles. The Hall–Kier alpha value is -2.45. The van der Waals surface area contributed by atoms with Crippen molar-refractivity contribution in [3.63, 3.8) is 0 Å². The number of halogens is 2. The second-order valence-electron chi connectivity index (χ2n) is 4.57. The summed E-state index contributed by atoms with van der Waals surface area (Å²) < 4.78 is 32.6. The molecule has 0 heterocycles. The first-order valence-corrected chi connectivity index (χ1v) is 6.30. The second-order valence-corrected chi connectivity index (χ2v) is 4.57. The Morgan fingerprint density at radius 2 is 1.95 bits per heavy atom. The van der Waals surface area contributed by atoms with E-state index in [9.17, 15) is 13.9 Å². The van der Waals surface area contributed by atoms with Gasteiger partial charge in [-0.05, 0) is 36.8 Å². The number of hydrogen-bond acceptors (Lipinski definition) is 3. The molecule has 3 nitrogen and oxygen atoms in total. The normalized spacial score (nSPS) is 11.8. The molecule has 1 N–H and O–H groups in total. The molecule has 0 amide bonds. The van der Waals surface area contributed by atoms with Gasteiger partial charge in [0.1, 0.15) is 12.4 Å². The maximum absolute atomic E-state index is 13.8. The number of benzene rings is 2. The van der Waals surface area contributed by atoms with Gasteiger partial charge in [0, 0.05) is 5.56 Å². The zero-order valence-corrected chi connectivity index (χ0v) is 11.3. The Morgan fingerprint density at radius 3 is 2.52 bits per heavy atom. The van der Waals surface area contributed by atoms with Crippen LogP contribution in [-0.4, -0.2) is 5.11 Å². The van der Waals surface area contributed by atoms with Crippen LogP contribution in [0.15, 0.2) is 36.4 Å². The van der Waals surface area contributed by atoms with Crippen molar-refractivity contribution in [2.45, 2.75) is 19.6 Å². The summed E-state index contributed by atoms with van der Waals surface area (Å²) in [5, 5.41) is 18.0. The highest BCUT2D eigenvalue weighted by Crippen LogP contribution is 2.23. The minimum atomic E-state index is -0.774. The lowest BCUT2D eigenvalue weighted by Gasteiger charge is -2.10. The zero-order valence-electron chi connectivity index (χ0n) is 11.3. The highest BCUT2D eigenvalue weighted by atomic mass is 19.1. The van der Waals surface area contributed by atoms with Crippen LogP contribution in [0.4, 0.5) is 8.78 Å². The minimum Gasteiger partial charge on any atom is -0.486 e. The van der Waals surface area contributed by atoms with E-state index in [1.165, 1.54) is 37.3 Å². The van der Waals surface area contributed by atoms with Crippen LogP contribution in [-0.2, 0) is 6.61 Å². The Bertz CT molecular complexity index is 693. The molecular formula is C16H13F2NO2. The van der Waals surface area contributed by atoms with Crippen molar-refractivity contribution < 1.29 is 18.6 Å². The van der Waals surface area contributed by atoms with Gasteiger partial charge in [0.25, 0.3) is 0 Å². The first kappa shape index (κ1) is 14.9. The van der Waals surface area contributed by atoms with Crippen LogP contribution in [0.3, 0.4) is 0 Å². The van der Waals surface area contributed by atoms with E-state index in [1.54, 1.807) is 0 Å². The van der Waals surface area contributed by atoms with Crippen molar-refractivity contribution in [3.05, 3.63) is 64.7 Å². The first-order chi connectivity index (χ1) is 10.0. The van der Waals surface area contributed by atoms with Crippen molar-refractivity contribution in [1.82, 2.24) is 0 Å². The summed E-state index contributed by atoms with van der Waals surface area (Å²) in [6.07, 6.45) is -0.774. The van der Waals surface area contributed by atoms with Crippen LogP contribution in [0.5, 0.6) is 5.75 Å². The van der Waals surface area contributed by atoms with Crippen LogP contribution >= 0.6 is 0 Å². The van der Waals surface area contributed by atoms with Crippen LogP contribution < -0.4 is 4.74 Å². The predicted octanol–water partition coefficient (Wildman–Crippen LogP) is 3.47. The van der Waals surface area contributed by atoms with Gasteiger partial charge in [-0.25, -0.2) is 8.78 Å².